The molecule has 3 rings (SSSR count). The van der Waals surface area contributed by atoms with Crippen LogP contribution in [0.3, 0.4) is 0 Å². The lowest BCUT2D eigenvalue weighted by atomic mass is 10.1. The van der Waals surface area contributed by atoms with Crippen LogP contribution in [-0.2, 0) is 9.47 Å². The summed E-state index contributed by atoms with van der Waals surface area (Å²) in [7, 11) is 1.09. The molecule has 2 aromatic rings. The molecule has 0 aliphatic carbocycles. The van der Waals surface area contributed by atoms with Crippen molar-refractivity contribution >= 4 is 29.3 Å². The van der Waals surface area contributed by atoms with E-state index in [1.165, 1.54) is 11.8 Å². The molecule has 148 valence electrons. The fourth-order valence-corrected chi connectivity index (χ4v) is 3.96. The number of methoxy groups -OCH3 is 1. The van der Waals surface area contributed by atoms with E-state index in [0.29, 0.717) is 17.4 Å². The number of nitrogens with one attached hydrogen (secondary N) is 1. The first kappa shape index (κ1) is 20.3. The van der Waals surface area contributed by atoms with Crippen molar-refractivity contribution in [3.8, 4) is 0 Å². The van der Waals surface area contributed by atoms with Gasteiger partial charge in [-0.3, -0.25) is 4.79 Å². The van der Waals surface area contributed by atoms with E-state index < -0.39 is 29.1 Å². The van der Waals surface area contributed by atoms with Gasteiger partial charge in [-0.2, -0.15) is 0 Å². The molecule has 1 atom stereocenters. The normalized spacial score (nSPS) is 16.0. The second-order valence-electron chi connectivity index (χ2n) is 6.20. The number of carbonyl (C=O) groups is 2. The van der Waals surface area contributed by atoms with Gasteiger partial charge in [-0.1, -0.05) is 12.1 Å². The topological polar surface area (TPSA) is 64.6 Å². The number of esters is 1. The van der Waals surface area contributed by atoms with Gasteiger partial charge < -0.3 is 14.8 Å². The Bertz CT molecular complexity index is 885. The van der Waals surface area contributed by atoms with Crippen molar-refractivity contribution in [2.45, 2.75) is 23.8 Å². The molecule has 1 aliphatic heterocycles. The average Bonchev–Trinajstić information content (AvgIpc) is 3.21. The number of halogens is 2. The lowest BCUT2D eigenvalue weighted by Crippen LogP contribution is -2.16. The van der Waals surface area contributed by atoms with Gasteiger partial charge in [-0.15, -0.1) is 11.8 Å². The van der Waals surface area contributed by atoms with E-state index in [9.17, 15) is 18.4 Å². The minimum absolute atomic E-state index is 0.151. The molecular formula is C20H19F2NO4S. The molecule has 1 amide bonds. The number of thioether (sulfide) groups is 1. The number of amides is 1. The second kappa shape index (κ2) is 9.16. The Hall–Kier alpha value is -2.45. The zero-order chi connectivity index (χ0) is 20.1. The van der Waals surface area contributed by atoms with Gasteiger partial charge >= 0.3 is 5.97 Å². The van der Waals surface area contributed by atoms with E-state index in [1.54, 1.807) is 18.2 Å². The van der Waals surface area contributed by atoms with Gasteiger partial charge in [0.2, 0.25) is 0 Å². The van der Waals surface area contributed by atoms with Crippen molar-refractivity contribution in [3.63, 3.8) is 0 Å². The predicted molar refractivity (Wildman–Crippen MR) is 102 cm³/mol. The molecule has 1 heterocycles. The van der Waals surface area contributed by atoms with Crippen molar-refractivity contribution in [1.29, 1.82) is 0 Å². The lowest BCUT2D eigenvalue weighted by Gasteiger charge is -2.13. The number of benzene rings is 2. The van der Waals surface area contributed by atoms with Crippen molar-refractivity contribution in [2.24, 2.45) is 0 Å². The van der Waals surface area contributed by atoms with Crippen LogP contribution in [0, 0.1) is 11.6 Å². The van der Waals surface area contributed by atoms with Gasteiger partial charge in [-0.05, 0) is 31.0 Å². The first-order chi connectivity index (χ1) is 13.5. The third-order valence-corrected chi connectivity index (χ3v) is 5.50. The fourth-order valence-electron chi connectivity index (χ4n) is 2.84. The highest BCUT2D eigenvalue weighted by molar-refractivity contribution is 7.99. The smallest absolute Gasteiger partial charge is 0.340 e. The number of rotatable bonds is 6. The van der Waals surface area contributed by atoms with Gasteiger partial charge in [0.15, 0.2) is 0 Å². The third-order valence-electron chi connectivity index (χ3n) is 4.29. The Labute approximate surface area is 165 Å². The van der Waals surface area contributed by atoms with Gasteiger partial charge in [-0.25, -0.2) is 13.6 Å². The largest absolute Gasteiger partial charge is 0.465 e. The molecule has 5 nitrogen and oxygen atoms in total. The highest BCUT2D eigenvalue weighted by Gasteiger charge is 2.21. The monoisotopic (exact) mass is 407 g/mol. The van der Waals surface area contributed by atoms with Gasteiger partial charge in [0.1, 0.15) is 11.6 Å². The summed E-state index contributed by atoms with van der Waals surface area (Å²) in [5.41, 5.74) is -0.403. The van der Waals surface area contributed by atoms with Gasteiger partial charge in [0, 0.05) is 23.3 Å². The van der Waals surface area contributed by atoms with E-state index in [4.69, 9.17) is 4.74 Å². The molecule has 1 unspecified atom stereocenters. The zero-order valence-electron chi connectivity index (χ0n) is 15.2. The molecule has 1 fully saturated rings. The molecule has 0 bridgehead atoms. The summed E-state index contributed by atoms with van der Waals surface area (Å²) in [4.78, 5) is 25.0. The molecule has 0 radical (unpaired) electrons. The highest BCUT2D eigenvalue weighted by Crippen LogP contribution is 2.28. The fraction of sp³-hybridized carbons (Fsp3) is 0.300. The predicted octanol–water partition coefficient (Wildman–Crippen LogP) is 4.27. The van der Waals surface area contributed by atoms with Crippen LogP contribution in [0.2, 0.25) is 0 Å². The van der Waals surface area contributed by atoms with Crippen LogP contribution in [-0.4, -0.2) is 37.4 Å². The van der Waals surface area contributed by atoms with Crippen LogP contribution in [0.5, 0.6) is 0 Å². The van der Waals surface area contributed by atoms with E-state index >= 15 is 0 Å². The van der Waals surface area contributed by atoms with Crippen LogP contribution in [0.4, 0.5) is 14.5 Å². The minimum Gasteiger partial charge on any atom is -0.465 e. The Balaban J connectivity index is 1.79. The van der Waals surface area contributed by atoms with E-state index in [0.717, 1.165) is 37.5 Å². The molecule has 1 saturated heterocycles. The summed E-state index contributed by atoms with van der Waals surface area (Å²) in [5.74, 6) is -2.85. The Morgan fingerprint density at radius 2 is 2.00 bits per heavy atom. The Morgan fingerprint density at radius 3 is 2.71 bits per heavy atom. The van der Waals surface area contributed by atoms with Crippen molar-refractivity contribution in [3.05, 3.63) is 59.2 Å². The average molecular weight is 407 g/mol. The summed E-state index contributed by atoms with van der Waals surface area (Å²) in [6.07, 6.45) is 2.16. The first-order valence-corrected chi connectivity index (χ1v) is 9.70. The van der Waals surface area contributed by atoms with E-state index in [-0.39, 0.29) is 11.8 Å². The van der Waals surface area contributed by atoms with Crippen LogP contribution >= 0.6 is 11.8 Å². The van der Waals surface area contributed by atoms with Crippen molar-refractivity contribution in [1.82, 2.24) is 0 Å². The molecule has 0 aromatic heterocycles. The van der Waals surface area contributed by atoms with Crippen LogP contribution in [0.1, 0.15) is 33.6 Å². The summed E-state index contributed by atoms with van der Waals surface area (Å²) in [6.45, 7) is 0.750. The van der Waals surface area contributed by atoms with Gasteiger partial charge in [0.25, 0.3) is 5.91 Å². The summed E-state index contributed by atoms with van der Waals surface area (Å²) < 4.78 is 37.9. The standard InChI is InChI=1S/C20H19F2NO4S/c1-26-20(25)14-9-17(16(22)10-15(14)21)23-19(24)13-6-2-3-7-18(13)28-11-12-5-4-8-27-12/h2-3,6-7,9-10,12H,4-5,8,11H2,1H3,(H,23,24). The SMILES string of the molecule is COC(=O)c1cc(NC(=O)c2ccccc2SCC2CCCO2)c(F)cc1F. The van der Waals surface area contributed by atoms with Gasteiger partial charge in [0.05, 0.1) is 30.0 Å². The van der Waals surface area contributed by atoms with Crippen LogP contribution in [0.25, 0.3) is 0 Å². The maximum absolute atomic E-state index is 14.1. The highest BCUT2D eigenvalue weighted by atomic mass is 32.2. The van der Waals surface area contributed by atoms with E-state index in [1.807, 2.05) is 6.07 Å². The quantitative estimate of drug-likeness (QED) is 0.572. The number of ether oxygens (including phenoxy) is 2. The molecule has 28 heavy (non-hydrogen) atoms. The van der Waals surface area contributed by atoms with Crippen molar-refractivity contribution in [2.75, 3.05) is 24.8 Å². The molecule has 2 aromatic carbocycles. The molecular weight excluding hydrogens is 388 g/mol. The summed E-state index contributed by atoms with van der Waals surface area (Å²) in [5, 5.41) is 2.41. The van der Waals surface area contributed by atoms with E-state index in [2.05, 4.69) is 10.1 Å². The summed E-state index contributed by atoms with van der Waals surface area (Å²) in [6, 6.07) is 8.40. The Morgan fingerprint density at radius 1 is 1.21 bits per heavy atom. The second-order valence-corrected chi connectivity index (χ2v) is 7.26. The molecule has 1 aliphatic rings. The number of anilines is 1. The maximum Gasteiger partial charge on any atom is 0.340 e. The zero-order valence-corrected chi connectivity index (χ0v) is 16.0. The molecule has 8 heteroatoms. The number of hydrogen-bond donors (Lipinski definition) is 1. The number of carbonyl (C=O) groups excluding carboxylic acids is 2. The third kappa shape index (κ3) is 4.69. The van der Waals surface area contributed by atoms with Crippen LogP contribution in [0.15, 0.2) is 41.3 Å². The first-order valence-electron chi connectivity index (χ1n) is 8.71. The molecule has 0 spiro atoms. The molecule has 1 N–H and O–H groups in total. The molecule has 0 saturated carbocycles. The van der Waals surface area contributed by atoms with Crippen molar-refractivity contribution < 1.29 is 27.8 Å². The minimum atomic E-state index is -1.06. The maximum atomic E-state index is 14.1. The van der Waals surface area contributed by atoms with Crippen LogP contribution < -0.4 is 5.32 Å². The number of hydrogen-bond acceptors (Lipinski definition) is 5. The Kier molecular flexibility index (Phi) is 6.64. The summed E-state index contributed by atoms with van der Waals surface area (Å²) >= 11 is 1.49. The lowest BCUT2D eigenvalue weighted by molar-refractivity contribution is 0.0595.